The highest BCUT2D eigenvalue weighted by molar-refractivity contribution is 5.95. The third-order valence-corrected chi connectivity index (χ3v) is 9.89. The van der Waals surface area contributed by atoms with E-state index in [4.69, 9.17) is 24.8 Å². The molecule has 9 unspecified atom stereocenters. The van der Waals surface area contributed by atoms with Crippen LogP contribution in [0, 0.1) is 17.8 Å². The zero-order chi connectivity index (χ0) is 27.2. The Bertz CT molecular complexity index is 994. The van der Waals surface area contributed by atoms with Crippen molar-refractivity contribution >= 4 is 11.7 Å². The molecule has 0 aromatic carbocycles. The van der Waals surface area contributed by atoms with Crippen molar-refractivity contribution in [2.45, 2.75) is 87.4 Å². The number of hydrogen-bond donors (Lipinski definition) is 6. The number of piperidine rings is 1. The predicted octanol–water partition coefficient (Wildman–Crippen LogP) is -1.78. The van der Waals surface area contributed by atoms with Gasteiger partial charge in [0.2, 0.25) is 5.91 Å². The molecule has 6 aliphatic heterocycles. The number of fused-ring (bicyclic) bond motifs is 2. The summed E-state index contributed by atoms with van der Waals surface area (Å²) in [6.45, 7) is 3.75. The lowest BCUT2D eigenvalue weighted by Gasteiger charge is -2.42. The van der Waals surface area contributed by atoms with Crippen molar-refractivity contribution < 1.29 is 28.6 Å². The summed E-state index contributed by atoms with van der Waals surface area (Å²) >= 11 is 0. The number of nitrogens with zero attached hydrogens (tertiary/aromatic N) is 1. The highest BCUT2D eigenvalue weighted by Gasteiger charge is 2.52. The molecule has 11 atom stereocenters. The summed E-state index contributed by atoms with van der Waals surface area (Å²) in [5.74, 6) is 0.669. The zero-order valence-electron chi connectivity index (χ0n) is 22.9. The van der Waals surface area contributed by atoms with Crippen LogP contribution < -0.4 is 32.5 Å². The van der Waals surface area contributed by atoms with Gasteiger partial charge >= 0.3 is 0 Å². The number of ketones is 1. The van der Waals surface area contributed by atoms with Crippen LogP contribution in [-0.4, -0.2) is 105 Å². The number of amides is 1. The smallest absolute Gasteiger partial charge is 0.226 e. The van der Waals surface area contributed by atoms with Gasteiger partial charge in [-0.25, -0.2) is 0 Å². The minimum Gasteiger partial charge on any atom is -0.472 e. The topological polar surface area (TPSA) is 160 Å². The van der Waals surface area contributed by atoms with Gasteiger partial charge in [0, 0.05) is 56.2 Å². The van der Waals surface area contributed by atoms with Crippen LogP contribution in [0.25, 0.3) is 0 Å². The maximum absolute atomic E-state index is 12.9. The van der Waals surface area contributed by atoms with Gasteiger partial charge in [-0.1, -0.05) is 12.8 Å². The fourth-order valence-electron chi connectivity index (χ4n) is 7.68. The van der Waals surface area contributed by atoms with Crippen molar-refractivity contribution in [2.75, 3.05) is 39.5 Å². The van der Waals surface area contributed by atoms with Gasteiger partial charge in [0.25, 0.3) is 0 Å². The number of nitrogens with one attached hydrogen (secondary N) is 5. The van der Waals surface area contributed by atoms with Crippen molar-refractivity contribution in [1.29, 1.82) is 0 Å². The first-order chi connectivity index (χ1) is 19.5. The molecule has 222 valence electrons. The van der Waals surface area contributed by atoms with Crippen molar-refractivity contribution in [1.82, 2.24) is 31.6 Å². The Morgan fingerprint density at radius 1 is 1.07 bits per heavy atom. The average molecular weight is 562 g/mol. The van der Waals surface area contributed by atoms with Gasteiger partial charge in [-0.05, 0) is 25.2 Å². The van der Waals surface area contributed by atoms with Crippen LogP contribution in [-0.2, 0) is 28.6 Å². The standard InChI is InChI=1S/C27H43N7O6/c28-16-3-1-2-4-17(16)30-20-9-14-12-29-27(36)23(14)26(31-20)32-21-10-18(33-40-21)15-13-38-25-19(35)11-22(39-24(15)25)34-5-7-37-8-6-34/h11,14-18,20-21,23-26,30-33H,1-10,12-13,28H2,(H,29,36)/t14?,15?,16-,17+,18?,20?,21?,23?,24?,25?,26?/m1/s1. The molecule has 0 aromatic heterocycles. The van der Waals surface area contributed by atoms with Crippen LogP contribution >= 0.6 is 0 Å². The van der Waals surface area contributed by atoms with Crippen molar-refractivity contribution in [3.8, 4) is 0 Å². The molecule has 6 fully saturated rings. The largest absolute Gasteiger partial charge is 0.472 e. The monoisotopic (exact) mass is 561 g/mol. The molecule has 7 rings (SSSR count). The summed E-state index contributed by atoms with van der Waals surface area (Å²) in [6, 6.07) is 0.388. The summed E-state index contributed by atoms with van der Waals surface area (Å²) in [5.41, 5.74) is 9.61. The lowest BCUT2D eigenvalue weighted by molar-refractivity contribution is -0.133. The van der Waals surface area contributed by atoms with Crippen LogP contribution in [0.3, 0.4) is 0 Å². The Labute approximate surface area is 234 Å². The first-order valence-electron chi connectivity index (χ1n) is 15.1. The molecule has 0 bridgehead atoms. The molecule has 0 aromatic rings. The first-order valence-corrected chi connectivity index (χ1v) is 15.1. The molecule has 13 nitrogen and oxygen atoms in total. The van der Waals surface area contributed by atoms with Gasteiger partial charge in [-0.2, -0.15) is 5.48 Å². The van der Waals surface area contributed by atoms with Crippen LogP contribution in [0.5, 0.6) is 0 Å². The second-order valence-electron chi connectivity index (χ2n) is 12.4. The predicted molar refractivity (Wildman–Crippen MR) is 142 cm³/mol. The third kappa shape index (κ3) is 5.26. The lowest BCUT2D eigenvalue weighted by atomic mass is 9.83. The van der Waals surface area contributed by atoms with E-state index in [-0.39, 0.29) is 72.2 Å². The van der Waals surface area contributed by atoms with Gasteiger partial charge in [-0.15, -0.1) is 0 Å². The van der Waals surface area contributed by atoms with Crippen LogP contribution in [0.15, 0.2) is 12.0 Å². The van der Waals surface area contributed by atoms with E-state index in [1.54, 1.807) is 6.08 Å². The van der Waals surface area contributed by atoms with E-state index in [0.29, 0.717) is 51.8 Å². The van der Waals surface area contributed by atoms with E-state index < -0.39 is 6.10 Å². The molecule has 1 aliphatic carbocycles. The Morgan fingerprint density at radius 3 is 2.77 bits per heavy atom. The van der Waals surface area contributed by atoms with Gasteiger partial charge in [-0.3, -0.25) is 30.4 Å². The highest BCUT2D eigenvalue weighted by Crippen LogP contribution is 2.36. The number of nitrogens with two attached hydrogens (primary N) is 1. The first kappa shape index (κ1) is 27.0. The van der Waals surface area contributed by atoms with Gasteiger partial charge in [0.15, 0.2) is 17.8 Å². The van der Waals surface area contributed by atoms with E-state index >= 15 is 0 Å². The fraction of sp³-hybridized carbons (Fsp3) is 0.852. The summed E-state index contributed by atoms with van der Waals surface area (Å²) in [5, 5.41) is 14.1. The molecule has 5 saturated heterocycles. The normalized spacial score (nSPS) is 45.5. The molecule has 7 aliphatic rings. The maximum atomic E-state index is 12.9. The van der Waals surface area contributed by atoms with E-state index in [1.165, 1.54) is 12.8 Å². The molecule has 6 heterocycles. The number of carbonyl (C=O) groups is 2. The number of morpholine rings is 1. The summed E-state index contributed by atoms with van der Waals surface area (Å²) in [7, 11) is 0. The minimum atomic E-state index is -0.593. The molecule has 13 heteroatoms. The number of rotatable bonds is 6. The summed E-state index contributed by atoms with van der Waals surface area (Å²) < 4.78 is 17.8. The summed E-state index contributed by atoms with van der Waals surface area (Å²) in [6.07, 6.45) is 6.19. The van der Waals surface area contributed by atoms with Gasteiger partial charge in [0.05, 0.1) is 38.1 Å². The number of carbonyl (C=O) groups excluding carboxylic acids is 2. The second-order valence-corrected chi connectivity index (χ2v) is 12.4. The molecule has 1 amide bonds. The lowest BCUT2D eigenvalue weighted by Crippen LogP contribution is -2.66. The fourth-order valence-corrected chi connectivity index (χ4v) is 7.68. The number of hydroxylamine groups is 1. The Morgan fingerprint density at radius 2 is 1.93 bits per heavy atom. The van der Waals surface area contributed by atoms with Crippen LogP contribution in [0.4, 0.5) is 0 Å². The second kappa shape index (κ2) is 11.4. The van der Waals surface area contributed by atoms with Gasteiger partial charge < -0.3 is 30.2 Å². The van der Waals surface area contributed by atoms with E-state index in [1.807, 2.05) is 0 Å². The molecule has 0 radical (unpaired) electrons. The van der Waals surface area contributed by atoms with E-state index in [2.05, 4.69) is 31.6 Å². The number of hydrogen-bond acceptors (Lipinski definition) is 12. The Balaban J connectivity index is 0.985. The average Bonchev–Trinajstić information content (AvgIpc) is 3.69. The quantitative estimate of drug-likeness (QED) is 0.217. The van der Waals surface area contributed by atoms with Crippen LogP contribution in [0.2, 0.25) is 0 Å². The zero-order valence-corrected chi connectivity index (χ0v) is 22.9. The summed E-state index contributed by atoms with van der Waals surface area (Å²) in [4.78, 5) is 33.8. The Kier molecular flexibility index (Phi) is 7.73. The molecule has 40 heavy (non-hydrogen) atoms. The molecule has 0 spiro atoms. The van der Waals surface area contributed by atoms with Crippen molar-refractivity contribution in [2.24, 2.45) is 23.5 Å². The third-order valence-electron chi connectivity index (χ3n) is 9.89. The molecule has 7 N–H and O–H groups in total. The SMILES string of the molecule is N[C@@H]1CCCC[C@@H]1NC1CC2CNC(=O)C2C(NC2CC(C3COC4C(=O)C=C(N5CCOCC5)OC43)NO2)N1. The Hall–Kier alpha value is -1.84. The minimum absolute atomic E-state index is 0.0465. The van der Waals surface area contributed by atoms with Crippen molar-refractivity contribution in [3.63, 3.8) is 0 Å². The molecule has 1 saturated carbocycles. The molecular weight excluding hydrogens is 518 g/mol. The maximum Gasteiger partial charge on any atom is 0.226 e. The van der Waals surface area contributed by atoms with Crippen molar-refractivity contribution in [3.05, 3.63) is 12.0 Å². The van der Waals surface area contributed by atoms with E-state index in [9.17, 15) is 9.59 Å². The van der Waals surface area contributed by atoms with Crippen LogP contribution in [0.1, 0.15) is 38.5 Å². The highest BCUT2D eigenvalue weighted by atomic mass is 16.7. The van der Waals surface area contributed by atoms with Gasteiger partial charge in [0.1, 0.15) is 12.3 Å². The van der Waals surface area contributed by atoms with E-state index in [0.717, 1.165) is 19.3 Å². The number of ether oxygens (including phenoxy) is 3. The molecular formula is C27H43N7O6.